The van der Waals surface area contributed by atoms with Crippen LogP contribution in [0, 0.1) is 11.8 Å². The maximum atomic E-state index is 10.4. The van der Waals surface area contributed by atoms with Gasteiger partial charge in [0.15, 0.2) is 0 Å². The predicted octanol–water partition coefficient (Wildman–Crippen LogP) is 1.50. The third-order valence-corrected chi connectivity index (χ3v) is 2.18. The summed E-state index contributed by atoms with van der Waals surface area (Å²) in [6, 6.07) is 0. The molecule has 54 valence electrons. The molecule has 1 aliphatic carbocycles. The predicted molar refractivity (Wildman–Crippen MR) is 34.1 cm³/mol. The van der Waals surface area contributed by atoms with Gasteiger partial charge in [0.2, 0.25) is 0 Å². The molecule has 0 spiro atoms. The van der Waals surface area contributed by atoms with Crippen molar-refractivity contribution in [1.82, 2.24) is 0 Å². The van der Waals surface area contributed by atoms with Crippen molar-refractivity contribution in [2.75, 3.05) is 0 Å². The van der Waals surface area contributed by atoms with E-state index in [0.29, 0.717) is 5.92 Å². The molecule has 3 heteroatoms. The van der Waals surface area contributed by atoms with Gasteiger partial charge in [0.05, 0.1) is 5.92 Å². The van der Waals surface area contributed by atoms with Crippen LogP contribution in [0.25, 0.3) is 0 Å². The fourth-order valence-electron chi connectivity index (χ4n) is 1.51. The van der Waals surface area contributed by atoms with Gasteiger partial charge in [0, 0.05) is 19.5 Å². The van der Waals surface area contributed by atoms with E-state index in [1.165, 1.54) is 0 Å². The number of hydrogen-bond acceptors (Lipinski definition) is 1. The first-order chi connectivity index (χ1) is 4.22. The van der Waals surface area contributed by atoms with Crippen molar-refractivity contribution < 1.29 is 29.4 Å². The molecule has 0 saturated heterocycles. The van der Waals surface area contributed by atoms with Gasteiger partial charge in [-0.1, -0.05) is 13.3 Å². The summed E-state index contributed by atoms with van der Waals surface area (Å²) in [5.41, 5.74) is 0. The fraction of sp³-hybridized carbons (Fsp3) is 0.857. The van der Waals surface area contributed by atoms with Gasteiger partial charge in [-0.05, 0) is 18.8 Å². The van der Waals surface area contributed by atoms with Crippen LogP contribution < -0.4 is 0 Å². The van der Waals surface area contributed by atoms with Crippen molar-refractivity contribution in [3.8, 4) is 0 Å². The van der Waals surface area contributed by atoms with Crippen molar-refractivity contribution in [1.29, 1.82) is 0 Å². The monoisotopic (exact) mass is 192 g/mol. The zero-order valence-corrected chi connectivity index (χ0v) is 9.31. The average Bonchev–Trinajstić information content (AvgIpc) is 2.13. The van der Waals surface area contributed by atoms with E-state index in [2.05, 4.69) is 0 Å². The Bertz CT molecular complexity index is 125. The average molecular weight is 194 g/mol. The van der Waals surface area contributed by atoms with Crippen LogP contribution in [0.3, 0.4) is 0 Å². The van der Waals surface area contributed by atoms with Crippen LogP contribution in [-0.4, -0.2) is 11.1 Å². The van der Waals surface area contributed by atoms with Gasteiger partial charge in [0.1, 0.15) is 0 Å². The van der Waals surface area contributed by atoms with Gasteiger partial charge >= 0.3 is 5.97 Å². The summed E-state index contributed by atoms with van der Waals surface area (Å²) in [7, 11) is 0. The van der Waals surface area contributed by atoms with E-state index in [9.17, 15) is 4.79 Å². The van der Waals surface area contributed by atoms with Crippen LogP contribution in [0.15, 0.2) is 0 Å². The Hall–Kier alpha value is 0.0934. The van der Waals surface area contributed by atoms with Crippen LogP contribution in [0.4, 0.5) is 0 Å². The molecule has 1 aliphatic rings. The third-order valence-electron chi connectivity index (χ3n) is 2.18. The molecule has 0 heterocycles. The molecule has 0 amide bonds. The minimum atomic E-state index is -0.611. The number of carboxylic acids is 1. The topological polar surface area (TPSA) is 37.3 Å². The van der Waals surface area contributed by atoms with E-state index < -0.39 is 5.97 Å². The van der Waals surface area contributed by atoms with Crippen molar-refractivity contribution in [2.45, 2.75) is 26.2 Å². The molecule has 0 aliphatic heterocycles. The van der Waals surface area contributed by atoms with Gasteiger partial charge in [-0.2, -0.15) is 0 Å². The van der Waals surface area contributed by atoms with Crippen molar-refractivity contribution in [3.05, 3.63) is 0 Å². The molecule has 10 heavy (non-hydrogen) atoms. The molecule has 0 aromatic carbocycles. The normalized spacial score (nSPS) is 31.3. The van der Waals surface area contributed by atoms with Gasteiger partial charge in [-0.15, -0.1) is 0 Å². The molecule has 1 rings (SSSR count). The molecule has 1 N–H and O–H groups in total. The Kier molecular flexibility index (Phi) is 4.11. The number of hydrogen-bond donors (Lipinski definition) is 1. The van der Waals surface area contributed by atoms with E-state index >= 15 is 0 Å². The summed E-state index contributed by atoms with van der Waals surface area (Å²) in [5, 5.41) is 8.58. The first kappa shape index (κ1) is 10.1. The summed E-state index contributed by atoms with van der Waals surface area (Å²) >= 11 is 0. The van der Waals surface area contributed by atoms with Gasteiger partial charge < -0.3 is 5.11 Å². The van der Waals surface area contributed by atoms with Crippen molar-refractivity contribution >= 4 is 5.97 Å². The number of carboxylic acid groups (broad SMARTS) is 1. The molecule has 1 saturated carbocycles. The number of rotatable bonds is 1. The van der Waals surface area contributed by atoms with E-state index in [-0.39, 0.29) is 25.4 Å². The molecule has 0 aromatic rings. The number of carbonyl (C=O) groups is 1. The zero-order chi connectivity index (χ0) is 6.85. The second kappa shape index (κ2) is 4.07. The Morgan fingerprint density at radius 1 is 1.50 bits per heavy atom. The van der Waals surface area contributed by atoms with Crippen LogP contribution >= 0.6 is 0 Å². The molecular weight excluding hydrogens is 181 g/mol. The molecule has 0 bridgehead atoms. The smallest absolute Gasteiger partial charge is 0.306 e. The first-order valence-electron chi connectivity index (χ1n) is 3.44. The Morgan fingerprint density at radius 3 is 2.30 bits per heavy atom. The summed E-state index contributed by atoms with van der Waals surface area (Å²) < 4.78 is 0. The van der Waals surface area contributed by atoms with E-state index in [1.54, 1.807) is 0 Å². The molecule has 0 radical (unpaired) electrons. The Morgan fingerprint density at radius 2 is 2.10 bits per heavy atom. The van der Waals surface area contributed by atoms with E-state index in [1.807, 2.05) is 6.92 Å². The maximum Gasteiger partial charge on any atom is 0.306 e. The van der Waals surface area contributed by atoms with Crippen LogP contribution in [-0.2, 0) is 24.3 Å². The largest absolute Gasteiger partial charge is 0.481 e. The quantitative estimate of drug-likeness (QED) is 0.641. The van der Waals surface area contributed by atoms with E-state index in [4.69, 9.17) is 5.11 Å². The summed E-state index contributed by atoms with van der Waals surface area (Å²) in [4.78, 5) is 10.4. The Labute approximate surface area is 73.8 Å². The van der Waals surface area contributed by atoms with Gasteiger partial charge in [-0.3, -0.25) is 4.79 Å². The fourth-order valence-corrected chi connectivity index (χ4v) is 1.51. The van der Waals surface area contributed by atoms with E-state index in [0.717, 1.165) is 19.3 Å². The van der Waals surface area contributed by atoms with Gasteiger partial charge in [-0.25, -0.2) is 0 Å². The van der Waals surface area contributed by atoms with Crippen molar-refractivity contribution in [2.24, 2.45) is 11.8 Å². The van der Waals surface area contributed by atoms with Gasteiger partial charge in [0.25, 0.3) is 0 Å². The number of aliphatic carboxylic acids is 1. The third kappa shape index (κ3) is 2.05. The summed E-state index contributed by atoms with van der Waals surface area (Å²) in [6.07, 6.45) is 3.08. The zero-order valence-electron chi connectivity index (χ0n) is 6.34. The summed E-state index contributed by atoms with van der Waals surface area (Å²) in [5.74, 6) is -0.257. The SMILES string of the molecule is CC1CCCC1C(=O)O.[Zn]. The molecule has 2 unspecified atom stereocenters. The molecule has 0 aromatic heterocycles. The molecular formula is C7H12O2Zn. The van der Waals surface area contributed by atoms with Crippen molar-refractivity contribution in [3.63, 3.8) is 0 Å². The molecule has 1 fully saturated rings. The minimum Gasteiger partial charge on any atom is -0.481 e. The minimum absolute atomic E-state index is 0. The Balaban J connectivity index is 0.000000810. The first-order valence-corrected chi connectivity index (χ1v) is 3.44. The van der Waals surface area contributed by atoms with Crippen LogP contribution in [0.5, 0.6) is 0 Å². The second-order valence-electron chi connectivity index (χ2n) is 2.85. The second-order valence-corrected chi connectivity index (χ2v) is 2.85. The molecule has 2 nitrogen and oxygen atoms in total. The molecule has 2 atom stereocenters. The maximum absolute atomic E-state index is 10.4. The standard InChI is InChI=1S/C7H12O2.Zn/c1-5-3-2-4-6(5)7(8)9;/h5-6H,2-4H2,1H3,(H,8,9);. The van der Waals surface area contributed by atoms with Crippen LogP contribution in [0.2, 0.25) is 0 Å². The summed E-state index contributed by atoms with van der Waals surface area (Å²) in [6.45, 7) is 2.02. The van der Waals surface area contributed by atoms with Crippen LogP contribution in [0.1, 0.15) is 26.2 Å².